The van der Waals surface area contributed by atoms with E-state index in [0.29, 0.717) is 0 Å². The molecular weight excluding hydrogens is 350 g/mol. The largest absolute Gasteiger partial charge is 0.247 e. The monoisotopic (exact) mass is 379 g/mol. The minimum absolute atomic E-state index is 0.00344. The Bertz CT molecular complexity index is 1320. The zero-order valence-corrected chi connectivity index (χ0v) is 18.6. The van der Waals surface area contributed by atoms with E-state index in [1.165, 1.54) is 49.5 Å². The maximum absolute atomic E-state index is 5.21. The van der Waals surface area contributed by atoms with Crippen LogP contribution >= 0.6 is 0 Å². The fraction of sp³-hybridized carbons (Fsp3) is 0.321. The molecule has 5 rings (SSSR count). The molecule has 0 saturated heterocycles. The van der Waals surface area contributed by atoms with E-state index in [2.05, 4.69) is 97.0 Å². The highest BCUT2D eigenvalue weighted by molar-refractivity contribution is 5.96. The van der Waals surface area contributed by atoms with Crippen LogP contribution in [0.25, 0.3) is 32.9 Å². The van der Waals surface area contributed by atoms with Gasteiger partial charge in [0, 0.05) is 16.4 Å². The van der Waals surface area contributed by atoms with Crippen LogP contribution in [0.15, 0.2) is 48.5 Å². The molecular formula is C28H29N. The molecule has 1 heteroatoms. The summed E-state index contributed by atoms with van der Waals surface area (Å²) in [5, 5.41) is 3.92. The van der Waals surface area contributed by atoms with Gasteiger partial charge in [0.05, 0.1) is 11.2 Å². The van der Waals surface area contributed by atoms with Crippen LogP contribution in [0.1, 0.15) is 55.5 Å². The Labute approximate surface area is 173 Å². The summed E-state index contributed by atoms with van der Waals surface area (Å²) in [7, 11) is 0. The summed E-state index contributed by atoms with van der Waals surface area (Å²) in [6.45, 7) is 16.3. The van der Waals surface area contributed by atoms with Crippen molar-refractivity contribution in [2.45, 2.75) is 59.3 Å². The molecule has 1 heterocycles. The number of pyridine rings is 1. The summed E-state index contributed by atoms with van der Waals surface area (Å²) >= 11 is 0. The van der Waals surface area contributed by atoms with Crippen LogP contribution < -0.4 is 0 Å². The van der Waals surface area contributed by atoms with Gasteiger partial charge >= 0.3 is 0 Å². The number of rotatable bonds is 0. The molecule has 1 aliphatic rings. The zero-order valence-electron chi connectivity index (χ0n) is 18.6. The Morgan fingerprint density at radius 2 is 1.41 bits per heavy atom. The Hall–Kier alpha value is -2.67. The quantitative estimate of drug-likeness (QED) is 0.307. The van der Waals surface area contributed by atoms with E-state index in [0.717, 1.165) is 11.2 Å². The summed E-state index contributed by atoms with van der Waals surface area (Å²) < 4.78 is 0. The topological polar surface area (TPSA) is 12.9 Å². The first-order valence-corrected chi connectivity index (χ1v) is 10.6. The molecule has 0 amide bonds. The van der Waals surface area contributed by atoms with Crippen LogP contribution in [0.3, 0.4) is 0 Å². The van der Waals surface area contributed by atoms with Gasteiger partial charge in [-0.05, 0) is 83.0 Å². The molecule has 0 aliphatic heterocycles. The predicted octanol–water partition coefficient (Wildman–Crippen LogP) is 7.55. The van der Waals surface area contributed by atoms with E-state index in [1.54, 1.807) is 0 Å². The maximum atomic E-state index is 5.21. The van der Waals surface area contributed by atoms with Gasteiger partial charge in [0.15, 0.2) is 0 Å². The van der Waals surface area contributed by atoms with E-state index < -0.39 is 0 Å². The molecule has 0 unspecified atom stereocenters. The molecule has 1 aromatic heterocycles. The Balaban J connectivity index is 1.98. The van der Waals surface area contributed by atoms with Crippen LogP contribution in [-0.2, 0) is 10.8 Å². The predicted molar refractivity (Wildman–Crippen MR) is 125 cm³/mol. The van der Waals surface area contributed by atoms with Crippen LogP contribution in [0.4, 0.5) is 0 Å². The lowest BCUT2D eigenvalue weighted by molar-refractivity contribution is 0.297. The lowest BCUT2D eigenvalue weighted by Crippen LogP contribution is -2.44. The number of para-hydroxylation sites is 1. The number of aromatic nitrogens is 1. The molecule has 3 aromatic carbocycles. The number of fused-ring (bicyclic) bond motifs is 5. The first kappa shape index (κ1) is 18.4. The van der Waals surface area contributed by atoms with Gasteiger partial charge < -0.3 is 0 Å². The first-order valence-electron chi connectivity index (χ1n) is 10.6. The molecule has 1 aliphatic carbocycles. The second kappa shape index (κ2) is 5.69. The maximum Gasteiger partial charge on any atom is 0.0750 e. The number of hydrogen-bond acceptors (Lipinski definition) is 1. The van der Waals surface area contributed by atoms with Crippen molar-refractivity contribution in [2.24, 2.45) is 0 Å². The third-order valence-electron chi connectivity index (χ3n) is 7.85. The van der Waals surface area contributed by atoms with Crippen molar-refractivity contribution >= 4 is 21.7 Å². The Kier molecular flexibility index (Phi) is 3.60. The van der Waals surface area contributed by atoms with Gasteiger partial charge in [0.25, 0.3) is 0 Å². The van der Waals surface area contributed by atoms with Crippen LogP contribution in [0.5, 0.6) is 0 Å². The average Bonchev–Trinajstić information content (AvgIpc) is 2.67. The lowest BCUT2D eigenvalue weighted by Gasteiger charge is -2.48. The molecule has 146 valence electrons. The van der Waals surface area contributed by atoms with E-state index in [9.17, 15) is 0 Å². The highest BCUT2D eigenvalue weighted by Gasteiger charge is 2.47. The highest BCUT2D eigenvalue weighted by Crippen LogP contribution is 2.55. The average molecular weight is 380 g/mol. The number of hydrogen-bond donors (Lipinski definition) is 0. The van der Waals surface area contributed by atoms with Crippen molar-refractivity contribution in [3.05, 3.63) is 76.3 Å². The van der Waals surface area contributed by atoms with Gasteiger partial charge in [-0.25, -0.2) is 4.98 Å². The van der Waals surface area contributed by atoms with Gasteiger partial charge in [-0.15, -0.1) is 0 Å². The van der Waals surface area contributed by atoms with Crippen molar-refractivity contribution in [3.8, 4) is 11.3 Å². The summed E-state index contributed by atoms with van der Waals surface area (Å²) in [5.41, 5.74) is 10.4. The fourth-order valence-electron chi connectivity index (χ4n) is 5.29. The number of aryl methyl sites for hydroxylation is 3. The number of benzene rings is 3. The molecule has 0 N–H and O–H groups in total. The van der Waals surface area contributed by atoms with Crippen molar-refractivity contribution < 1.29 is 0 Å². The zero-order chi connectivity index (χ0) is 20.7. The van der Waals surface area contributed by atoms with Crippen molar-refractivity contribution in [1.29, 1.82) is 0 Å². The third-order valence-corrected chi connectivity index (χ3v) is 7.85. The molecule has 0 atom stereocenters. The first-order chi connectivity index (χ1) is 13.6. The summed E-state index contributed by atoms with van der Waals surface area (Å²) in [6.07, 6.45) is 0. The summed E-state index contributed by atoms with van der Waals surface area (Å²) in [5.74, 6) is 0. The van der Waals surface area contributed by atoms with E-state index >= 15 is 0 Å². The minimum Gasteiger partial charge on any atom is -0.247 e. The molecule has 0 radical (unpaired) electrons. The van der Waals surface area contributed by atoms with Crippen molar-refractivity contribution in [2.75, 3.05) is 0 Å². The molecule has 0 saturated carbocycles. The second-order valence-electron chi connectivity index (χ2n) is 9.91. The second-order valence-corrected chi connectivity index (χ2v) is 9.91. The smallest absolute Gasteiger partial charge is 0.0750 e. The molecule has 0 bridgehead atoms. The van der Waals surface area contributed by atoms with Crippen molar-refractivity contribution in [3.63, 3.8) is 0 Å². The van der Waals surface area contributed by atoms with Gasteiger partial charge in [-0.1, -0.05) is 58.0 Å². The number of nitrogens with zero attached hydrogens (tertiary/aromatic N) is 1. The van der Waals surface area contributed by atoms with Crippen LogP contribution in [0.2, 0.25) is 0 Å². The molecule has 0 fully saturated rings. The van der Waals surface area contributed by atoms with Gasteiger partial charge in [-0.3, -0.25) is 0 Å². The van der Waals surface area contributed by atoms with Crippen molar-refractivity contribution in [1.82, 2.24) is 4.98 Å². The van der Waals surface area contributed by atoms with E-state index in [4.69, 9.17) is 4.98 Å². The lowest BCUT2D eigenvalue weighted by atomic mass is 9.55. The fourth-order valence-corrected chi connectivity index (χ4v) is 5.29. The standard InChI is InChI=1S/C28H29N/c1-16-12-20-14-22-25(18(3)21(20)13-17(16)2)28(6,7)27(4,5)23-15-19-10-8-9-11-24(19)29-26(22)23/h8-15H,1-7H3. The molecule has 4 aromatic rings. The SMILES string of the molecule is Cc1cc2cc3c(c(C)c2cc1C)C(C)(C)C(C)(C)c1cc2ccccc2nc1-3. The molecule has 1 nitrogen and oxygen atoms in total. The summed E-state index contributed by atoms with van der Waals surface area (Å²) in [4.78, 5) is 5.21. The Morgan fingerprint density at radius 1 is 0.724 bits per heavy atom. The molecule has 0 spiro atoms. The van der Waals surface area contributed by atoms with Gasteiger partial charge in [0.1, 0.15) is 0 Å². The summed E-state index contributed by atoms with van der Waals surface area (Å²) in [6, 6.07) is 18.0. The van der Waals surface area contributed by atoms with Gasteiger partial charge in [0.2, 0.25) is 0 Å². The van der Waals surface area contributed by atoms with E-state index in [-0.39, 0.29) is 10.8 Å². The molecule has 29 heavy (non-hydrogen) atoms. The van der Waals surface area contributed by atoms with Crippen LogP contribution in [0, 0.1) is 20.8 Å². The van der Waals surface area contributed by atoms with Crippen LogP contribution in [-0.4, -0.2) is 4.98 Å². The highest BCUT2D eigenvalue weighted by atomic mass is 14.7. The van der Waals surface area contributed by atoms with E-state index in [1.807, 2.05) is 0 Å². The Morgan fingerprint density at radius 3 is 2.17 bits per heavy atom. The normalized spacial score (nSPS) is 16.7. The third kappa shape index (κ3) is 2.31. The van der Waals surface area contributed by atoms with Gasteiger partial charge in [-0.2, -0.15) is 0 Å². The minimum atomic E-state index is -0.0233.